The molecule has 0 saturated carbocycles. The van der Waals surface area contributed by atoms with Crippen molar-refractivity contribution in [2.45, 2.75) is 39.2 Å². The van der Waals surface area contributed by atoms with Crippen LogP contribution < -0.4 is 9.47 Å². The Morgan fingerprint density at radius 2 is 1.85 bits per heavy atom. The molecule has 0 aliphatic carbocycles. The minimum Gasteiger partial charge on any atom is -0.493 e. The maximum Gasteiger partial charge on any atom is 0.305 e. The van der Waals surface area contributed by atoms with Gasteiger partial charge >= 0.3 is 5.97 Å². The van der Waals surface area contributed by atoms with Gasteiger partial charge in [-0.15, -0.1) is 0 Å². The van der Waals surface area contributed by atoms with Crippen molar-refractivity contribution in [2.75, 3.05) is 13.7 Å². The lowest BCUT2D eigenvalue weighted by molar-refractivity contribution is -0.137. The summed E-state index contributed by atoms with van der Waals surface area (Å²) in [5.74, 6) is -0.109. The number of hydrogen-bond acceptors (Lipinski definition) is 6. The number of carbonyl (C=O) groups is 2. The third kappa shape index (κ3) is 6.36. The number of hydrogen-bond donors (Lipinski definition) is 1. The lowest BCUT2D eigenvalue weighted by Crippen LogP contribution is -2.30. The maximum absolute atomic E-state index is 12.6. The van der Waals surface area contributed by atoms with Gasteiger partial charge in [-0.3, -0.25) is 14.5 Å². The fourth-order valence-electron chi connectivity index (χ4n) is 3.21. The van der Waals surface area contributed by atoms with Crippen molar-refractivity contribution in [2.24, 2.45) is 0 Å². The number of aliphatic carboxylic acids is 1. The molecule has 1 fully saturated rings. The summed E-state index contributed by atoms with van der Waals surface area (Å²) < 4.78 is 11.8. The van der Waals surface area contributed by atoms with Crippen LogP contribution in [0.3, 0.4) is 0 Å². The SMILES string of the molecule is COc1cc(/C=C2/SC(=S)N(CCC(=O)O)C2=O)ccc1OCc1ccc(C(C)(C)C)cc1. The Morgan fingerprint density at radius 3 is 2.45 bits per heavy atom. The predicted octanol–water partition coefficient (Wildman–Crippen LogP) is 5.25. The Bertz CT molecular complexity index is 1090. The van der Waals surface area contributed by atoms with Crippen molar-refractivity contribution in [3.8, 4) is 11.5 Å². The highest BCUT2D eigenvalue weighted by Crippen LogP contribution is 2.35. The van der Waals surface area contributed by atoms with Crippen LogP contribution in [0.25, 0.3) is 6.08 Å². The summed E-state index contributed by atoms with van der Waals surface area (Å²) in [6.45, 7) is 7.00. The summed E-state index contributed by atoms with van der Waals surface area (Å²) >= 11 is 6.39. The summed E-state index contributed by atoms with van der Waals surface area (Å²) in [5.41, 5.74) is 3.18. The third-order valence-electron chi connectivity index (χ3n) is 5.12. The zero-order valence-corrected chi connectivity index (χ0v) is 20.7. The number of methoxy groups -OCH3 is 1. The number of thioether (sulfide) groups is 1. The minimum atomic E-state index is -0.974. The van der Waals surface area contributed by atoms with E-state index in [4.69, 9.17) is 26.8 Å². The van der Waals surface area contributed by atoms with E-state index in [-0.39, 0.29) is 24.3 Å². The van der Waals surface area contributed by atoms with Crippen molar-refractivity contribution in [3.05, 3.63) is 64.1 Å². The molecule has 0 radical (unpaired) electrons. The highest BCUT2D eigenvalue weighted by Gasteiger charge is 2.32. The molecule has 1 amide bonds. The van der Waals surface area contributed by atoms with E-state index in [1.54, 1.807) is 25.3 Å². The van der Waals surface area contributed by atoms with Gasteiger partial charge in [0.05, 0.1) is 18.4 Å². The van der Waals surface area contributed by atoms with E-state index in [1.165, 1.54) is 10.5 Å². The number of nitrogens with zero attached hydrogens (tertiary/aromatic N) is 1. The first-order valence-corrected chi connectivity index (χ1v) is 11.7. The molecule has 0 unspecified atom stereocenters. The second-order valence-electron chi connectivity index (χ2n) is 8.62. The molecular weight excluding hydrogens is 458 g/mol. The number of benzene rings is 2. The van der Waals surface area contributed by atoms with Gasteiger partial charge in [-0.25, -0.2) is 0 Å². The van der Waals surface area contributed by atoms with Gasteiger partial charge in [-0.1, -0.05) is 75.1 Å². The molecule has 0 atom stereocenters. The molecule has 2 aromatic rings. The van der Waals surface area contributed by atoms with Crippen molar-refractivity contribution in [1.82, 2.24) is 4.90 Å². The Hall–Kier alpha value is -2.84. The molecule has 0 spiro atoms. The highest BCUT2D eigenvalue weighted by atomic mass is 32.2. The van der Waals surface area contributed by atoms with Crippen LogP contribution in [0.2, 0.25) is 0 Å². The number of thiocarbonyl (C=S) groups is 1. The molecule has 2 aromatic carbocycles. The molecule has 0 bridgehead atoms. The van der Waals surface area contributed by atoms with Gasteiger partial charge < -0.3 is 14.6 Å². The fraction of sp³-hybridized carbons (Fsp3) is 0.320. The van der Waals surface area contributed by atoms with Crippen LogP contribution in [-0.2, 0) is 21.6 Å². The number of amides is 1. The number of carboxylic acid groups (broad SMARTS) is 1. The molecule has 1 aliphatic heterocycles. The van der Waals surface area contributed by atoms with Gasteiger partial charge in [0.15, 0.2) is 11.5 Å². The van der Waals surface area contributed by atoms with Crippen LogP contribution in [0.4, 0.5) is 0 Å². The average molecular weight is 486 g/mol. The molecule has 8 heteroatoms. The maximum atomic E-state index is 12.6. The van der Waals surface area contributed by atoms with E-state index in [1.807, 2.05) is 6.07 Å². The molecule has 1 N–H and O–H groups in total. The van der Waals surface area contributed by atoms with Crippen LogP contribution in [0.15, 0.2) is 47.4 Å². The van der Waals surface area contributed by atoms with Crippen molar-refractivity contribution < 1.29 is 24.2 Å². The molecule has 174 valence electrons. The predicted molar refractivity (Wildman–Crippen MR) is 135 cm³/mol. The average Bonchev–Trinajstić information content (AvgIpc) is 3.03. The van der Waals surface area contributed by atoms with E-state index in [0.29, 0.717) is 27.3 Å². The number of carboxylic acids is 1. The Balaban J connectivity index is 1.70. The van der Waals surface area contributed by atoms with Crippen LogP contribution >= 0.6 is 24.0 Å². The molecule has 1 saturated heterocycles. The first-order valence-electron chi connectivity index (χ1n) is 10.5. The van der Waals surface area contributed by atoms with Crippen molar-refractivity contribution >= 4 is 46.3 Å². The zero-order chi connectivity index (χ0) is 24.2. The molecule has 1 aliphatic rings. The van der Waals surface area contributed by atoms with Gasteiger partial charge in [-0.05, 0) is 40.3 Å². The lowest BCUT2D eigenvalue weighted by Gasteiger charge is -2.19. The van der Waals surface area contributed by atoms with Gasteiger partial charge in [0.2, 0.25) is 0 Å². The first-order chi connectivity index (χ1) is 15.6. The third-order valence-corrected chi connectivity index (χ3v) is 6.50. The molecule has 3 rings (SSSR count). The van der Waals surface area contributed by atoms with E-state index in [2.05, 4.69) is 45.0 Å². The Labute approximate surface area is 203 Å². The van der Waals surface area contributed by atoms with Gasteiger partial charge in [0, 0.05) is 6.54 Å². The standard InChI is InChI=1S/C25H27NO5S2/c1-25(2,3)18-8-5-16(6-9-18)15-31-19-10-7-17(13-20(19)30-4)14-21-23(29)26(24(32)33-21)12-11-22(27)28/h5-10,13-14H,11-12,15H2,1-4H3,(H,27,28)/b21-14+. The van der Waals surface area contributed by atoms with E-state index in [9.17, 15) is 9.59 Å². The Morgan fingerprint density at radius 1 is 1.15 bits per heavy atom. The molecule has 6 nitrogen and oxygen atoms in total. The number of rotatable bonds is 8. The number of ether oxygens (including phenoxy) is 2. The second-order valence-corrected chi connectivity index (χ2v) is 10.3. The smallest absolute Gasteiger partial charge is 0.305 e. The summed E-state index contributed by atoms with van der Waals surface area (Å²) in [7, 11) is 1.56. The molecule has 33 heavy (non-hydrogen) atoms. The molecular formula is C25H27NO5S2. The first kappa shape index (κ1) is 24.8. The van der Waals surface area contributed by atoms with Gasteiger partial charge in [0.1, 0.15) is 10.9 Å². The summed E-state index contributed by atoms with van der Waals surface area (Å²) in [4.78, 5) is 25.2. The van der Waals surface area contributed by atoms with Crippen molar-refractivity contribution in [3.63, 3.8) is 0 Å². The lowest BCUT2D eigenvalue weighted by atomic mass is 9.87. The highest BCUT2D eigenvalue weighted by molar-refractivity contribution is 8.26. The minimum absolute atomic E-state index is 0.0597. The molecule has 1 heterocycles. The summed E-state index contributed by atoms with van der Waals surface area (Å²) in [5, 5.41) is 8.86. The van der Waals surface area contributed by atoms with Crippen molar-refractivity contribution in [1.29, 1.82) is 0 Å². The second kappa shape index (κ2) is 10.4. The van der Waals surface area contributed by atoms with Gasteiger partial charge in [-0.2, -0.15) is 0 Å². The van der Waals surface area contributed by atoms with Crippen LogP contribution in [0, 0.1) is 0 Å². The monoisotopic (exact) mass is 485 g/mol. The van der Waals surface area contributed by atoms with E-state index < -0.39 is 5.97 Å². The quantitative estimate of drug-likeness (QED) is 0.404. The number of carbonyl (C=O) groups excluding carboxylic acids is 1. The van der Waals surface area contributed by atoms with Crippen LogP contribution in [0.1, 0.15) is 43.9 Å². The van der Waals surface area contributed by atoms with Crippen LogP contribution in [0.5, 0.6) is 11.5 Å². The van der Waals surface area contributed by atoms with E-state index in [0.717, 1.165) is 22.9 Å². The van der Waals surface area contributed by atoms with E-state index >= 15 is 0 Å². The molecule has 0 aromatic heterocycles. The van der Waals surface area contributed by atoms with Crippen LogP contribution in [-0.4, -0.2) is 39.9 Å². The summed E-state index contributed by atoms with van der Waals surface area (Å²) in [6.07, 6.45) is 1.57. The Kier molecular flexibility index (Phi) is 7.81. The summed E-state index contributed by atoms with van der Waals surface area (Å²) in [6, 6.07) is 13.8. The largest absolute Gasteiger partial charge is 0.493 e. The normalized spacial score (nSPS) is 15.3. The fourth-order valence-corrected chi connectivity index (χ4v) is 4.52. The zero-order valence-electron chi connectivity index (χ0n) is 19.1. The topological polar surface area (TPSA) is 76.1 Å². The van der Waals surface area contributed by atoms with Gasteiger partial charge in [0.25, 0.3) is 5.91 Å².